The zero-order valence-corrected chi connectivity index (χ0v) is 12.8. The average molecular weight is 239 g/mol. The first-order chi connectivity index (χ1) is 7.63. The van der Waals surface area contributed by atoms with Crippen LogP contribution < -0.4 is 0 Å². The van der Waals surface area contributed by atoms with Gasteiger partial charge in [0.2, 0.25) is 0 Å². The van der Waals surface area contributed by atoms with Gasteiger partial charge < -0.3 is 4.90 Å². The van der Waals surface area contributed by atoms with Gasteiger partial charge in [-0.05, 0) is 46.1 Å². The van der Waals surface area contributed by atoms with E-state index in [-0.39, 0.29) is 0 Å². The van der Waals surface area contributed by atoms with E-state index in [1.807, 2.05) is 0 Å². The van der Waals surface area contributed by atoms with E-state index in [1.165, 1.54) is 5.70 Å². The van der Waals surface area contributed by atoms with E-state index in [0.717, 1.165) is 6.42 Å². The van der Waals surface area contributed by atoms with E-state index in [2.05, 4.69) is 76.8 Å². The number of rotatable bonds is 3. The second-order valence-corrected chi connectivity index (χ2v) is 6.84. The summed E-state index contributed by atoms with van der Waals surface area (Å²) in [5, 5.41) is 0. The van der Waals surface area contributed by atoms with E-state index in [4.69, 9.17) is 0 Å². The maximum Gasteiger partial charge on any atom is 0.100 e. The predicted molar refractivity (Wildman–Crippen MR) is 74.9 cm³/mol. The molecule has 1 heterocycles. The van der Waals surface area contributed by atoms with Crippen LogP contribution in [-0.4, -0.2) is 62.1 Å². The Labute approximate surface area is 107 Å². The molecule has 0 aromatic heterocycles. The van der Waals surface area contributed by atoms with Gasteiger partial charge in [-0.3, -0.25) is 9.80 Å². The highest BCUT2D eigenvalue weighted by Gasteiger charge is 2.35. The fourth-order valence-corrected chi connectivity index (χ4v) is 2.59. The van der Waals surface area contributed by atoms with Crippen molar-refractivity contribution in [1.29, 1.82) is 0 Å². The van der Waals surface area contributed by atoms with Crippen molar-refractivity contribution in [3.63, 3.8) is 0 Å². The summed E-state index contributed by atoms with van der Waals surface area (Å²) in [5.74, 6) is 0. The number of allylic oxidation sites excluding steroid dienone is 1. The van der Waals surface area contributed by atoms with Crippen LogP contribution in [-0.2, 0) is 0 Å². The Kier molecular flexibility index (Phi) is 4.26. The number of likely N-dealkylation sites (N-methyl/N-ethyl adjacent to an activating group) is 3. The molecular formula is C14H29N3. The largest absolute Gasteiger partial charge is 0.361 e. The predicted octanol–water partition coefficient (Wildman–Crippen LogP) is 2.07. The number of hydrogen-bond donors (Lipinski definition) is 0. The molecule has 0 spiro atoms. The van der Waals surface area contributed by atoms with Gasteiger partial charge in [-0.25, -0.2) is 0 Å². The van der Waals surface area contributed by atoms with Crippen molar-refractivity contribution in [2.24, 2.45) is 5.41 Å². The van der Waals surface area contributed by atoms with E-state index in [1.54, 1.807) is 0 Å². The minimum absolute atomic E-state index is 0.345. The van der Waals surface area contributed by atoms with Gasteiger partial charge >= 0.3 is 0 Å². The molecule has 0 bridgehead atoms. The summed E-state index contributed by atoms with van der Waals surface area (Å²) >= 11 is 0. The summed E-state index contributed by atoms with van der Waals surface area (Å²) in [6.45, 7) is 6.90. The molecule has 1 aliphatic heterocycles. The first-order valence-corrected chi connectivity index (χ1v) is 6.40. The molecule has 3 nitrogen and oxygen atoms in total. The number of hydrogen-bond acceptors (Lipinski definition) is 3. The van der Waals surface area contributed by atoms with Gasteiger partial charge in [0.15, 0.2) is 0 Å². The van der Waals surface area contributed by atoms with E-state index < -0.39 is 0 Å². The molecule has 0 saturated carbocycles. The lowest BCUT2D eigenvalue weighted by Gasteiger charge is -2.37. The summed E-state index contributed by atoms with van der Waals surface area (Å²) < 4.78 is 0. The fraction of sp³-hybridized carbons (Fsp3) is 0.857. The molecule has 100 valence electrons. The van der Waals surface area contributed by atoms with Gasteiger partial charge in [0.25, 0.3) is 0 Å². The maximum atomic E-state index is 2.43. The molecule has 0 radical (unpaired) electrons. The lowest BCUT2D eigenvalue weighted by atomic mass is 9.90. The van der Waals surface area contributed by atoms with Gasteiger partial charge in [-0.1, -0.05) is 20.8 Å². The third-order valence-corrected chi connectivity index (χ3v) is 3.36. The zero-order valence-electron chi connectivity index (χ0n) is 12.8. The van der Waals surface area contributed by atoms with Crippen LogP contribution in [0.25, 0.3) is 0 Å². The molecule has 1 rings (SSSR count). The summed E-state index contributed by atoms with van der Waals surface area (Å²) in [6, 6.07) is 0.479. The van der Waals surface area contributed by atoms with Gasteiger partial charge in [-0.15, -0.1) is 0 Å². The van der Waals surface area contributed by atoms with Crippen molar-refractivity contribution in [2.75, 3.05) is 35.2 Å². The summed E-state index contributed by atoms with van der Waals surface area (Å²) in [5.41, 5.74) is 1.81. The molecule has 0 amide bonds. The quantitative estimate of drug-likeness (QED) is 0.746. The highest BCUT2D eigenvalue weighted by molar-refractivity contribution is 5.18. The summed E-state index contributed by atoms with van der Waals surface area (Å²) in [6.07, 6.45) is 4.01. The lowest BCUT2D eigenvalue weighted by Crippen LogP contribution is -2.50. The first-order valence-electron chi connectivity index (χ1n) is 6.40. The minimum Gasteiger partial charge on any atom is -0.361 e. The first kappa shape index (κ1) is 14.5. The molecular weight excluding hydrogens is 210 g/mol. The van der Waals surface area contributed by atoms with Crippen LogP contribution in [0.1, 0.15) is 27.2 Å². The van der Waals surface area contributed by atoms with Crippen molar-refractivity contribution in [1.82, 2.24) is 14.7 Å². The average Bonchev–Trinajstić information content (AvgIpc) is 2.41. The standard InChI is InChI=1S/C14H29N3/c1-14(2,3)10-11-9-12(15(4)5)13(16(6)7)17(11)8/h9,12-13H,10H2,1-8H3/t12-,13-/m1/s1. The smallest absolute Gasteiger partial charge is 0.100 e. The Morgan fingerprint density at radius 2 is 1.65 bits per heavy atom. The van der Waals surface area contributed by atoms with Crippen LogP contribution >= 0.6 is 0 Å². The van der Waals surface area contributed by atoms with Crippen molar-refractivity contribution in [3.8, 4) is 0 Å². The molecule has 2 atom stereocenters. The lowest BCUT2D eigenvalue weighted by molar-refractivity contribution is 0.0891. The Morgan fingerprint density at radius 3 is 1.94 bits per heavy atom. The van der Waals surface area contributed by atoms with E-state index >= 15 is 0 Å². The SMILES string of the molecule is CN(C)[C@@H]1C=C(CC(C)(C)C)N(C)[C@H]1N(C)C. The van der Waals surface area contributed by atoms with Gasteiger partial charge in [0.1, 0.15) is 6.17 Å². The van der Waals surface area contributed by atoms with Crippen molar-refractivity contribution in [2.45, 2.75) is 39.4 Å². The van der Waals surface area contributed by atoms with Gasteiger partial charge in [-0.2, -0.15) is 0 Å². The summed E-state index contributed by atoms with van der Waals surface area (Å²) in [7, 11) is 10.8. The molecule has 17 heavy (non-hydrogen) atoms. The Balaban J connectivity index is 2.90. The van der Waals surface area contributed by atoms with E-state index in [0.29, 0.717) is 17.6 Å². The van der Waals surface area contributed by atoms with Crippen LogP contribution in [0.2, 0.25) is 0 Å². The second-order valence-electron chi connectivity index (χ2n) is 6.84. The molecule has 0 aromatic rings. The molecule has 0 aliphatic carbocycles. The third kappa shape index (κ3) is 3.46. The van der Waals surface area contributed by atoms with Crippen LogP contribution in [0.4, 0.5) is 0 Å². The van der Waals surface area contributed by atoms with Crippen molar-refractivity contribution in [3.05, 3.63) is 11.8 Å². The van der Waals surface area contributed by atoms with E-state index in [9.17, 15) is 0 Å². The molecule has 0 unspecified atom stereocenters. The molecule has 0 N–H and O–H groups in total. The molecule has 0 fully saturated rings. The second kappa shape index (κ2) is 4.99. The minimum atomic E-state index is 0.345. The molecule has 1 aliphatic rings. The Hall–Kier alpha value is -0.540. The Morgan fingerprint density at radius 1 is 1.12 bits per heavy atom. The normalized spacial score (nSPS) is 26.0. The van der Waals surface area contributed by atoms with Crippen molar-refractivity contribution < 1.29 is 0 Å². The Bertz CT molecular complexity index is 286. The van der Waals surface area contributed by atoms with Crippen LogP contribution in [0, 0.1) is 5.41 Å². The van der Waals surface area contributed by atoms with Crippen LogP contribution in [0.3, 0.4) is 0 Å². The molecule has 0 aromatic carbocycles. The highest BCUT2D eigenvalue weighted by atomic mass is 15.4. The van der Waals surface area contributed by atoms with Crippen LogP contribution in [0.15, 0.2) is 11.8 Å². The summed E-state index contributed by atoms with van der Waals surface area (Å²) in [4.78, 5) is 7.03. The maximum absolute atomic E-state index is 2.43. The highest BCUT2D eigenvalue weighted by Crippen LogP contribution is 2.33. The number of nitrogens with zero attached hydrogens (tertiary/aromatic N) is 3. The van der Waals surface area contributed by atoms with Gasteiger partial charge in [0, 0.05) is 12.7 Å². The topological polar surface area (TPSA) is 9.72 Å². The monoisotopic (exact) mass is 239 g/mol. The van der Waals surface area contributed by atoms with Gasteiger partial charge in [0.05, 0.1) is 6.04 Å². The zero-order chi connectivity index (χ0) is 13.4. The molecule has 3 heteroatoms. The fourth-order valence-electron chi connectivity index (χ4n) is 2.59. The molecule has 0 saturated heterocycles. The van der Waals surface area contributed by atoms with Crippen LogP contribution in [0.5, 0.6) is 0 Å². The van der Waals surface area contributed by atoms with Crippen molar-refractivity contribution >= 4 is 0 Å². The third-order valence-electron chi connectivity index (χ3n) is 3.36.